The van der Waals surface area contributed by atoms with Crippen LogP contribution in [-0.4, -0.2) is 24.7 Å². The van der Waals surface area contributed by atoms with E-state index in [9.17, 15) is 4.79 Å². The molecular formula is C4H6N4O2. The summed E-state index contributed by atoms with van der Waals surface area (Å²) in [6, 6.07) is -1.31. The van der Waals surface area contributed by atoms with Crippen molar-refractivity contribution >= 4 is 5.97 Å². The number of rotatable bonds is 1. The summed E-state index contributed by atoms with van der Waals surface area (Å²) in [5.41, 5.74) is 13.3. The lowest BCUT2D eigenvalue weighted by Crippen LogP contribution is -2.32. The number of esters is 1. The van der Waals surface area contributed by atoms with Crippen molar-refractivity contribution in [1.29, 1.82) is 0 Å². The maximum atomic E-state index is 10.6. The SMILES string of the molecule is [N-]=[N+]=NC1C(=O)OCC1N. The number of ether oxygens (including phenoxy) is 1. The summed E-state index contributed by atoms with van der Waals surface area (Å²) in [7, 11) is 0. The van der Waals surface area contributed by atoms with Crippen molar-refractivity contribution in [3.63, 3.8) is 0 Å². The van der Waals surface area contributed by atoms with Gasteiger partial charge in [0.2, 0.25) is 0 Å². The van der Waals surface area contributed by atoms with Gasteiger partial charge in [0.15, 0.2) is 6.04 Å². The average molecular weight is 142 g/mol. The standard InChI is InChI=1S/C4H6N4O2/c5-2-1-10-4(9)3(2)7-8-6/h2-3H,1,5H2. The molecule has 0 aromatic carbocycles. The fraction of sp³-hybridized carbons (Fsp3) is 0.750. The average Bonchev–Trinajstić information content (AvgIpc) is 2.20. The molecule has 1 heterocycles. The molecule has 0 spiro atoms. The highest BCUT2D eigenvalue weighted by molar-refractivity contribution is 5.79. The Kier molecular flexibility index (Phi) is 1.75. The van der Waals surface area contributed by atoms with Crippen LogP contribution in [0.1, 0.15) is 0 Å². The number of carbonyl (C=O) groups excluding carboxylic acids is 1. The van der Waals surface area contributed by atoms with Crippen LogP contribution in [0.25, 0.3) is 10.4 Å². The lowest BCUT2D eigenvalue weighted by atomic mass is 10.2. The van der Waals surface area contributed by atoms with Crippen molar-refractivity contribution in [1.82, 2.24) is 0 Å². The molecule has 1 aliphatic rings. The molecule has 0 aromatic rings. The van der Waals surface area contributed by atoms with Crippen molar-refractivity contribution in [2.24, 2.45) is 10.8 Å². The molecule has 6 nitrogen and oxygen atoms in total. The summed E-state index contributed by atoms with van der Waals surface area (Å²) in [5.74, 6) is -0.537. The number of azide groups is 1. The van der Waals surface area contributed by atoms with Gasteiger partial charge in [-0.2, -0.15) is 0 Å². The van der Waals surface area contributed by atoms with Gasteiger partial charge in [-0.15, -0.1) is 0 Å². The Morgan fingerprint density at radius 2 is 2.60 bits per heavy atom. The topological polar surface area (TPSA) is 101 Å². The van der Waals surface area contributed by atoms with Crippen LogP contribution in [0, 0.1) is 0 Å². The Bertz CT molecular complexity index is 197. The minimum absolute atomic E-state index is 0.141. The van der Waals surface area contributed by atoms with Gasteiger partial charge in [-0.25, -0.2) is 0 Å². The van der Waals surface area contributed by atoms with E-state index in [1.165, 1.54) is 0 Å². The van der Waals surface area contributed by atoms with Crippen molar-refractivity contribution in [2.45, 2.75) is 12.1 Å². The van der Waals surface area contributed by atoms with Gasteiger partial charge in [-0.05, 0) is 5.53 Å². The molecule has 1 aliphatic heterocycles. The molecule has 0 aromatic heterocycles. The number of hydrogen-bond acceptors (Lipinski definition) is 4. The fourth-order valence-corrected chi connectivity index (χ4v) is 0.718. The lowest BCUT2D eigenvalue weighted by Gasteiger charge is -1.99. The molecule has 0 bridgehead atoms. The van der Waals surface area contributed by atoms with E-state index in [2.05, 4.69) is 14.8 Å². The van der Waals surface area contributed by atoms with E-state index in [0.29, 0.717) is 0 Å². The summed E-state index contributed by atoms with van der Waals surface area (Å²) >= 11 is 0. The van der Waals surface area contributed by atoms with E-state index in [1.54, 1.807) is 0 Å². The molecular weight excluding hydrogens is 136 g/mol. The Balaban J connectivity index is 2.71. The minimum Gasteiger partial charge on any atom is -0.464 e. The highest BCUT2D eigenvalue weighted by atomic mass is 16.5. The summed E-state index contributed by atoms with van der Waals surface area (Å²) in [4.78, 5) is 13.1. The molecule has 2 N–H and O–H groups in total. The molecule has 6 heteroatoms. The molecule has 2 unspecified atom stereocenters. The highest BCUT2D eigenvalue weighted by Crippen LogP contribution is 2.08. The minimum atomic E-state index is -0.829. The Morgan fingerprint density at radius 3 is 3.00 bits per heavy atom. The van der Waals surface area contributed by atoms with Crippen LogP contribution < -0.4 is 5.73 Å². The smallest absolute Gasteiger partial charge is 0.316 e. The van der Waals surface area contributed by atoms with Gasteiger partial charge in [0.25, 0.3) is 0 Å². The zero-order valence-corrected chi connectivity index (χ0v) is 5.10. The van der Waals surface area contributed by atoms with Crippen LogP contribution in [0.4, 0.5) is 0 Å². The van der Waals surface area contributed by atoms with Gasteiger partial charge in [0.1, 0.15) is 6.61 Å². The second-order valence-corrected chi connectivity index (χ2v) is 1.94. The van der Waals surface area contributed by atoms with Crippen LogP contribution in [-0.2, 0) is 9.53 Å². The first-order chi connectivity index (χ1) is 4.75. The van der Waals surface area contributed by atoms with Crippen molar-refractivity contribution in [3.05, 3.63) is 10.4 Å². The van der Waals surface area contributed by atoms with Crippen LogP contribution in [0.2, 0.25) is 0 Å². The molecule has 2 atom stereocenters. The molecule has 0 amide bonds. The predicted octanol–water partition coefficient (Wildman–Crippen LogP) is -0.451. The van der Waals surface area contributed by atoms with Crippen LogP contribution >= 0.6 is 0 Å². The molecule has 10 heavy (non-hydrogen) atoms. The normalized spacial score (nSPS) is 31.1. The summed E-state index contributed by atoms with van der Waals surface area (Å²) in [6.07, 6.45) is 0. The van der Waals surface area contributed by atoms with Crippen molar-refractivity contribution in [2.75, 3.05) is 6.61 Å². The molecule has 0 saturated carbocycles. The number of carbonyl (C=O) groups is 1. The zero-order valence-electron chi connectivity index (χ0n) is 5.10. The second kappa shape index (κ2) is 2.55. The largest absolute Gasteiger partial charge is 0.464 e. The van der Waals surface area contributed by atoms with Gasteiger partial charge in [0, 0.05) is 4.91 Å². The van der Waals surface area contributed by atoms with Crippen molar-refractivity contribution in [3.8, 4) is 0 Å². The van der Waals surface area contributed by atoms with Gasteiger partial charge >= 0.3 is 5.97 Å². The lowest BCUT2D eigenvalue weighted by molar-refractivity contribution is -0.138. The van der Waals surface area contributed by atoms with Crippen LogP contribution in [0.5, 0.6) is 0 Å². The van der Waals surface area contributed by atoms with Gasteiger partial charge in [-0.1, -0.05) is 5.11 Å². The third-order valence-electron chi connectivity index (χ3n) is 1.24. The molecule has 0 aliphatic carbocycles. The molecule has 1 saturated heterocycles. The third kappa shape index (κ3) is 1.02. The molecule has 54 valence electrons. The quantitative estimate of drug-likeness (QED) is 0.232. The zero-order chi connectivity index (χ0) is 7.56. The number of hydrogen-bond donors (Lipinski definition) is 1. The summed E-state index contributed by atoms with van der Waals surface area (Å²) in [6.45, 7) is 0.141. The number of cyclic esters (lactones) is 1. The van der Waals surface area contributed by atoms with E-state index in [0.717, 1.165) is 0 Å². The van der Waals surface area contributed by atoms with E-state index in [1.807, 2.05) is 0 Å². The van der Waals surface area contributed by atoms with E-state index >= 15 is 0 Å². The van der Waals surface area contributed by atoms with Crippen LogP contribution in [0.3, 0.4) is 0 Å². The van der Waals surface area contributed by atoms with Gasteiger partial charge in [-0.3, -0.25) is 4.79 Å². The first-order valence-electron chi connectivity index (χ1n) is 2.72. The monoisotopic (exact) mass is 142 g/mol. The highest BCUT2D eigenvalue weighted by Gasteiger charge is 2.33. The summed E-state index contributed by atoms with van der Waals surface area (Å²) < 4.78 is 4.50. The molecule has 1 rings (SSSR count). The van der Waals surface area contributed by atoms with E-state index in [4.69, 9.17) is 11.3 Å². The molecule has 0 radical (unpaired) electrons. The van der Waals surface area contributed by atoms with Gasteiger partial charge < -0.3 is 10.5 Å². The van der Waals surface area contributed by atoms with Crippen molar-refractivity contribution < 1.29 is 9.53 Å². The first kappa shape index (κ1) is 6.85. The fourth-order valence-electron chi connectivity index (χ4n) is 0.718. The maximum Gasteiger partial charge on any atom is 0.316 e. The van der Waals surface area contributed by atoms with Crippen LogP contribution in [0.15, 0.2) is 5.11 Å². The van der Waals surface area contributed by atoms with E-state index in [-0.39, 0.29) is 6.61 Å². The maximum absolute atomic E-state index is 10.6. The number of nitrogens with zero attached hydrogens (tertiary/aromatic N) is 3. The Labute approximate surface area is 56.6 Å². The predicted molar refractivity (Wildman–Crippen MR) is 31.9 cm³/mol. The second-order valence-electron chi connectivity index (χ2n) is 1.94. The number of nitrogens with two attached hydrogens (primary N) is 1. The Hall–Kier alpha value is -1.26. The summed E-state index contributed by atoms with van der Waals surface area (Å²) in [5, 5.41) is 3.17. The van der Waals surface area contributed by atoms with Gasteiger partial charge in [0.05, 0.1) is 6.04 Å². The Morgan fingerprint density at radius 1 is 1.90 bits per heavy atom. The molecule has 1 fully saturated rings. The third-order valence-corrected chi connectivity index (χ3v) is 1.24. The first-order valence-corrected chi connectivity index (χ1v) is 2.72. The van der Waals surface area contributed by atoms with E-state index < -0.39 is 18.1 Å².